The molecule has 1 aromatic carbocycles. The summed E-state index contributed by atoms with van der Waals surface area (Å²) in [4.78, 5) is 0. The number of aliphatic hydroxyl groups is 1. The molecule has 0 amide bonds. The lowest BCUT2D eigenvalue weighted by Crippen LogP contribution is -2.51. The number of hydrogen-bond donors (Lipinski definition) is 2. The van der Waals surface area contributed by atoms with E-state index in [2.05, 4.69) is 13.8 Å². The van der Waals surface area contributed by atoms with Crippen LogP contribution in [0.5, 0.6) is 5.75 Å². The summed E-state index contributed by atoms with van der Waals surface area (Å²) < 4.78 is 5.71. The van der Waals surface area contributed by atoms with E-state index in [9.17, 15) is 5.11 Å². The summed E-state index contributed by atoms with van der Waals surface area (Å²) in [6, 6.07) is 7.98. The third-order valence-electron chi connectivity index (χ3n) is 4.65. The van der Waals surface area contributed by atoms with E-state index >= 15 is 0 Å². The van der Waals surface area contributed by atoms with Crippen molar-refractivity contribution in [2.24, 2.45) is 11.7 Å². The Kier molecular flexibility index (Phi) is 4.48. The van der Waals surface area contributed by atoms with Crippen LogP contribution < -0.4 is 10.5 Å². The van der Waals surface area contributed by atoms with Crippen molar-refractivity contribution in [1.82, 2.24) is 0 Å². The summed E-state index contributed by atoms with van der Waals surface area (Å²) in [6.07, 6.45) is 2.33. The molecule has 1 aliphatic heterocycles. The van der Waals surface area contributed by atoms with Crippen LogP contribution in [0.3, 0.4) is 0 Å². The zero-order valence-electron chi connectivity index (χ0n) is 11.9. The monoisotopic (exact) mass is 263 g/mol. The fourth-order valence-electron chi connectivity index (χ4n) is 3.31. The first-order valence-electron chi connectivity index (χ1n) is 7.30. The van der Waals surface area contributed by atoms with Crippen molar-refractivity contribution >= 4 is 0 Å². The largest absolute Gasteiger partial charge is 0.493 e. The van der Waals surface area contributed by atoms with Gasteiger partial charge in [0.15, 0.2) is 0 Å². The number of rotatable bonds is 5. The molecule has 1 aromatic rings. The Bertz CT molecular complexity index is 417. The molecule has 3 nitrogen and oxygen atoms in total. The molecule has 2 unspecified atom stereocenters. The Hall–Kier alpha value is -1.06. The van der Waals surface area contributed by atoms with Crippen LogP contribution in [-0.2, 0) is 5.41 Å². The highest BCUT2D eigenvalue weighted by Crippen LogP contribution is 2.43. The summed E-state index contributed by atoms with van der Waals surface area (Å²) in [6.45, 7) is 5.36. The van der Waals surface area contributed by atoms with Crippen molar-refractivity contribution in [2.75, 3.05) is 13.2 Å². The lowest BCUT2D eigenvalue weighted by atomic mass is 9.67. The van der Waals surface area contributed by atoms with Crippen LogP contribution in [0.1, 0.15) is 38.7 Å². The molecule has 2 atom stereocenters. The molecular formula is C16H25NO2. The maximum atomic E-state index is 10.9. The van der Waals surface area contributed by atoms with Gasteiger partial charge in [-0.05, 0) is 18.4 Å². The van der Waals surface area contributed by atoms with Crippen LogP contribution in [-0.4, -0.2) is 24.4 Å². The summed E-state index contributed by atoms with van der Waals surface area (Å²) in [5.41, 5.74) is 6.80. The van der Waals surface area contributed by atoms with Crippen molar-refractivity contribution in [3.63, 3.8) is 0 Å². The quantitative estimate of drug-likeness (QED) is 0.858. The molecule has 2 rings (SSSR count). The van der Waals surface area contributed by atoms with Gasteiger partial charge < -0.3 is 15.6 Å². The molecule has 0 aromatic heterocycles. The molecule has 0 aliphatic carbocycles. The number of para-hydroxylation sites is 1. The van der Waals surface area contributed by atoms with E-state index in [1.54, 1.807) is 0 Å². The summed E-state index contributed by atoms with van der Waals surface area (Å²) in [7, 11) is 0. The molecule has 19 heavy (non-hydrogen) atoms. The predicted molar refractivity (Wildman–Crippen MR) is 77.4 cm³/mol. The molecule has 0 radical (unpaired) electrons. The molecule has 0 spiro atoms. The van der Waals surface area contributed by atoms with Crippen LogP contribution in [0.25, 0.3) is 0 Å². The maximum absolute atomic E-state index is 10.9. The average molecular weight is 263 g/mol. The normalized spacial score (nSPS) is 23.8. The Balaban J connectivity index is 2.44. The van der Waals surface area contributed by atoms with Gasteiger partial charge in [-0.1, -0.05) is 44.9 Å². The second-order valence-electron chi connectivity index (χ2n) is 5.48. The highest BCUT2D eigenvalue weighted by molar-refractivity contribution is 5.43. The molecule has 1 heterocycles. The van der Waals surface area contributed by atoms with Crippen molar-refractivity contribution in [3.05, 3.63) is 29.8 Å². The number of fused-ring (bicyclic) bond motifs is 1. The second-order valence-corrected chi connectivity index (χ2v) is 5.48. The van der Waals surface area contributed by atoms with Gasteiger partial charge in [-0.2, -0.15) is 0 Å². The standard InChI is InChI=1S/C16H25NO2/c1-3-12(4-2)15(18)16(11-17)9-10-19-14-8-6-5-7-13(14)16/h5-8,12,15,18H,3-4,9-11,17H2,1-2H3. The lowest BCUT2D eigenvalue weighted by Gasteiger charge is -2.44. The van der Waals surface area contributed by atoms with E-state index < -0.39 is 6.10 Å². The number of nitrogens with two attached hydrogens (primary N) is 1. The molecule has 106 valence electrons. The highest BCUT2D eigenvalue weighted by Gasteiger charge is 2.44. The fourth-order valence-corrected chi connectivity index (χ4v) is 3.31. The summed E-state index contributed by atoms with van der Waals surface area (Å²) in [5.74, 6) is 1.17. The molecule has 0 saturated carbocycles. The van der Waals surface area contributed by atoms with Gasteiger partial charge in [-0.15, -0.1) is 0 Å². The van der Waals surface area contributed by atoms with Crippen molar-refractivity contribution in [1.29, 1.82) is 0 Å². The molecule has 1 aliphatic rings. The number of hydrogen-bond acceptors (Lipinski definition) is 3. The van der Waals surface area contributed by atoms with E-state index in [0.717, 1.165) is 30.6 Å². The van der Waals surface area contributed by atoms with Gasteiger partial charge in [-0.3, -0.25) is 0 Å². The molecule has 0 saturated heterocycles. The maximum Gasteiger partial charge on any atom is 0.123 e. The van der Waals surface area contributed by atoms with Gasteiger partial charge in [0, 0.05) is 17.5 Å². The molecule has 0 fully saturated rings. The topological polar surface area (TPSA) is 55.5 Å². The molecule has 3 heteroatoms. The smallest absolute Gasteiger partial charge is 0.123 e. The Morgan fingerprint density at radius 1 is 1.32 bits per heavy atom. The van der Waals surface area contributed by atoms with Gasteiger partial charge >= 0.3 is 0 Å². The Morgan fingerprint density at radius 3 is 2.63 bits per heavy atom. The van der Waals surface area contributed by atoms with Gasteiger partial charge in [0.25, 0.3) is 0 Å². The average Bonchev–Trinajstić information content (AvgIpc) is 2.47. The summed E-state index contributed by atoms with van der Waals surface area (Å²) in [5, 5.41) is 10.9. The van der Waals surface area contributed by atoms with E-state index in [0.29, 0.717) is 13.2 Å². The molecule has 0 bridgehead atoms. The Labute approximate surface area is 115 Å². The van der Waals surface area contributed by atoms with Crippen LogP contribution in [0.2, 0.25) is 0 Å². The molecular weight excluding hydrogens is 238 g/mol. The van der Waals surface area contributed by atoms with Crippen LogP contribution in [0.4, 0.5) is 0 Å². The SMILES string of the molecule is CCC(CC)C(O)C1(CN)CCOc2ccccc21. The fraction of sp³-hybridized carbons (Fsp3) is 0.625. The number of benzene rings is 1. The Morgan fingerprint density at radius 2 is 2.00 bits per heavy atom. The van der Waals surface area contributed by atoms with Gasteiger partial charge in [0.2, 0.25) is 0 Å². The van der Waals surface area contributed by atoms with E-state index in [-0.39, 0.29) is 11.3 Å². The number of aliphatic hydroxyl groups excluding tert-OH is 1. The summed E-state index contributed by atoms with van der Waals surface area (Å²) >= 11 is 0. The minimum absolute atomic E-state index is 0.287. The van der Waals surface area contributed by atoms with E-state index in [1.165, 1.54) is 0 Å². The van der Waals surface area contributed by atoms with Crippen molar-refractivity contribution < 1.29 is 9.84 Å². The van der Waals surface area contributed by atoms with Crippen LogP contribution >= 0.6 is 0 Å². The van der Waals surface area contributed by atoms with Crippen LogP contribution in [0.15, 0.2) is 24.3 Å². The van der Waals surface area contributed by atoms with Crippen molar-refractivity contribution in [2.45, 2.75) is 44.6 Å². The van der Waals surface area contributed by atoms with Crippen LogP contribution in [0, 0.1) is 5.92 Å². The van der Waals surface area contributed by atoms with Gasteiger partial charge in [0.1, 0.15) is 5.75 Å². The minimum Gasteiger partial charge on any atom is -0.493 e. The predicted octanol–water partition coefficient (Wildman–Crippen LogP) is 2.46. The third kappa shape index (κ3) is 2.37. The minimum atomic E-state index is -0.405. The van der Waals surface area contributed by atoms with Gasteiger partial charge in [-0.25, -0.2) is 0 Å². The lowest BCUT2D eigenvalue weighted by molar-refractivity contribution is 0.00724. The first-order chi connectivity index (χ1) is 9.19. The first kappa shape index (κ1) is 14.4. The zero-order valence-corrected chi connectivity index (χ0v) is 11.9. The van der Waals surface area contributed by atoms with E-state index in [4.69, 9.17) is 10.5 Å². The van der Waals surface area contributed by atoms with Crippen molar-refractivity contribution in [3.8, 4) is 5.75 Å². The number of ether oxygens (including phenoxy) is 1. The highest BCUT2D eigenvalue weighted by atomic mass is 16.5. The zero-order chi connectivity index (χ0) is 13.9. The molecule has 3 N–H and O–H groups in total. The second kappa shape index (κ2) is 5.93. The van der Waals surface area contributed by atoms with E-state index in [1.807, 2.05) is 24.3 Å². The van der Waals surface area contributed by atoms with Gasteiger partial charge in [0.05, 0.1) is 12.7 Å². The third-order valence-corrected chi connectivity index (χ3v) is 4.65. The first-order valence-corrected chi connectivity index (χ1v) is 7.30.